The molecule has 0 saturated heterocycles. The predicted octanol–water partition coefficient (Wildman–Crippen LogP) is -4.47. The van der Waals surface area contributed by atoms with Crippen molar-refractivity contribution in [1.29, 1.82) is 0 Å². The molecule has 328 valence electrons. The zero-order valence-electron chi connectivity index (χ0n) is 33.8. The van der Waals surface area contributed by atoms with Crippen molar-refractivity contribution in [2.45, 2.75) is 120 Å². The number of ether oxygens (including phenoxy) is 1. The lowest BCUT2D eigenvalue weighted by Gasteiger charge is -2.32. The van der Waals surface area contributed by atoms with Gasteiger partial charge in [0.1, 0.15) is 30.2 Å². The van der Waals surface area contributed by atoms with E-state index in [1.165, 1.54) is 6.92 Å². The second-order valence-electron chi connectivity index (χ2n) is 14.4. The summed E-state index contributed by atoms with van der Waals surface area (Å²) in [5.74, 6) is -6.29. The molecule has 21 heteroatoms. The molecule has 1 aromatic carbocycles. The number of hydrogen-bond donors (Lipinski definition) is 13. The molecule has 0 radical (unpaired) electrons. The Kier molecular flexibility index (Phi) is 23.2. The molecule has 18 N–H and O–H groups in total. The fourth-order valence-electron chi connectivity index (χ4n) is 5.84. The van der Waals surface area contributed by atoms with Gasteiger partial charge in [-0.1, -0.05) is 30.3 Å². The summed E-state index contributed by atoms with van der Waals surface area (Å²) in [6.45, 7) is 6.51. The molecule has 0 spiro atoms. The van der Waals surface area contributed by atoms with Crippen LogP contribution in [-0.4, -0.2) is 138 Å². The average molecular weight is 824 g/mol. The molecule has 0 fully saturated rings. The van der Waals surface area contributed by atoms with E-state index >= 15 is 0 Å². The molecule has 21 nitrogen and oxygen atoms in total. The molecule has 0 unspecified atom stereocenters. The van der Waals surface area contributed by atoms with Gasteiger partial charge in [-0.25, -0.2) is 4.79 Å². The van der Waals surface area contributed by atoms with Crippen molar-refractivity contribution in [3.63, 3.8) is 0 Å². The molecule has 0 saturated carbocycles. The molecule has 0 aromatic heterocycles. The molecule has 0 aliphatic heterocycles. The second-order valence-corrected chi connectivity index (χ2v) is 14.4. The Morgan fingerprint density at radius 1 is 0.638 bits per heavy atom. The largest absolute Gasteiger partial charge is 0.480 e. The van der Waals surface area contributed by atoms with Crippen LogP contribution in [0, 0.1) is 0 Å². The van der Waals surface area contributed by atoms with Crippen LogP contribution in [0.25, 0.3) is 0 Å². The van der Waals surface area contributed by atoms with E-state index in [4.69, 9.17) is 33.4 Å². The van der Waals surface area contributed by atoms with Crippen molar-refractivity contribution in [3.8, 4) is 0 Å². The van der Waals surface area contributed by atoms with Crippen molar-refractivity contribution in [3.05, 3.63) is 35.9 Å². The Bertz CT molecular complexity index is 1480. The molecule has 1 rings (SSSR count). The van der Waals surface area contributed by atoms with Gasteiger partial charge in [-0.2, -0.15) is 0 Å². The molecule has 58 heavy (non-hydrogen) atoms. The number of rotatable bonds is 28. The van der Waals surface area contributed by atoms with Crippen LogP contribution in [0.3, 0.4) is 0 Å². The van der Waals surface area contributed by atoms with Crippen molar-refractivity contribution >= 4 is 41.4 Å². The zero-order valence-corrected chi connectivity index (χ0v) is 33.8. The highest BCUT2D eigenvalue weighted by Gasteiger charge is 2.36. The van der Waals surface area contributed by atoms with E-state index in [0.717, 1.165) is 0 Å². The van der Waals surface area contributed by atoms with E-state index in [1.807, 2.05) is 0 Å². The van der Waals surface area contributed by atoms with E-state index in [0.29, 0.717) is 5.56 Å². The standard InChI is InChI=1S/C37H65N11O10/c1-5-58-37(3,4)20-28(35(55)45-25(13-17-40)31(51)44-26(14-18-41)33(53)48-29(21(2)49)36(56)57)47-34(54)27(19-22-9-7-6-8-10-22)46-32(52)24(12-16-39)43-30(50)23(42)11-15-38/h6-10,21,23-29,49H,5,11-20,38-42H2,1-4H3,(H,43,50)(H,44,51)(H,45,55)(H,46,52)(H,47,54)(H,48,53)(H,56,57)/t21-,23+,24+,25+,26+,27-,28+,29+/m1/s1. The Hall–Kier alpha value is -4.77. The minimum Gasteiger partial charge on any atom is -0.480 e. The van der Waals surface area contributed by atoms with Gasteiger partial charge in [0.25, 0.3) is 0 Å². The number of amides is 6. The number of nitrogens with one attached hydrogen (secondary N) is 6. The summed E-state index contributed by atoms with van der Waals surface area (Å²) >= 11 is 0. The van der Waals surface area contributed by atoms with Crippen molar-refractivity contribution < 1.29 is 48.5 Å². The first-order chi connectivity index (χ1) is 27.3. The SMILES string of the molecule is CCOC(C)(C)C[C@H](NC(=O)[C@@H](Cc1ccccc1)NC(=O)[C@H](CCN)NC(=O)[C@@H](N)CCN)C(=O)N[C@@H](CCN)C(=O)N[C@@H](CCN)C(=O)N[C@H](C(=O)O)[C@@H](C)O. The third-order valence-electron chi connectivity index (χ3n) is 8.91. The number of carbonyl (C=O) groups excluding carboxylic acids is 6. The number of carbonyl (C=O) groups is 7. The predicted molar refractivity (Wildman–Crippen MR) is 214 cm³/mol. The van der Waals surface area contributed by atoms with Crippen molar-refractivity contribution in [2.24, 2.45) is 28.7 Å². The lowest BCUT2D eigenvalue weighted by molar-refractivity contribution is -0.145. The van der Waals surface area contributed by atoms with Crippen LogP contribution in [0.15, 0.2) is 30.3 Å². The maximum absolute atomic E-state index is 14.2. The maximum Gasteiger partial charge on any atom is 0.328 e. The van der Waals surface area contributed by atoms with Crippen LogP contribution in [0.2, 0.25) is 0 Å². The number of hydrogen-bond acceptors (Lipinski definition) is 14. The number of carboxylic acid groups (broad SMARTS) is 1. The molecule has 8 atom stereocenters. The van der Waals surface area contributed by atoms with E-state index in [2.05, 4.69) is 31.9 Å². The molecular weight excluding hydrogens is 758 g/mol. The van der Waals surface area contributed by atoms with E-state index in [1.54, 1.807) is 51.1 Å². The van der Waals surface area contributed by atoms with Gasteiger partial charge in [0.15, 0.2) is 6.04 Å². The summed E-state index contributed by atoms with van der Waals surface area (Å²) in [4.78, 5) is 92.7. The zero-order chi connectivity index (χ0) is 44.0. The summed E-state index contributed by atoms with van der Waals surface area (Å²) < 4.78 is 5.83. The van der Waals surface area contributed by atoms with Gasteiger partial charge in [-0.3, -0.25) is 28.8 Å². The van der Waals surface area contributed by atoms with Gasteiger partial charge < -0.3 is 75.5 Å². The normalized spacial score (nSPS) is 15.6. The first-order valence-corrected chi connectivity index (χ1v) is 19.3. The van der Waals surface area contributed by atoms with Gasteiger partial charge in [-0.15, -0.1) is 0 Å². The monoisotopic (exact) mass is 823 g/mol. The number of aliphatic carboxylic acids is 1. The van der Waals surface area contributed by atoms with Gasteiger partial charge in [0, 0.05) is 19.4 Å². The molecule has 1 aromatic rings. The summed E-state index contributed by atoms with van der Waals surface area (Å²) in [6, 6.07) is -0.450. The minimum absolute atomic E-state index is 0.00863. The van der Waals surface area contributed by atoms with Crippen LogP contribution in [0.4, 0.5) is 0 Å². The third-order valence-corrected chi connectivity index (χ3v) is 8.91. The lowest BCUT2D eigenvalue weighted by Crippen LogP contribution is -2.61. The van der Waals surface area contributed by atoms with Crippen LogP contribution in [-0.2, 0) is 44.7 Å². The molecule has 6 amide bonds. The summed E-state index contributed by atoms with van der Waals surface area (Å²) in [5, 5.41) is 34.4. The van der Waals surface area contributed by atoms with Gasteiger partial charge >= 0.3 is 5.97 Å². The van der Waals surface area contributed by atoms with E-state index < -0.39 is 95.4 Å². The number of benzene rings is 1. The highest BCUT2D eigenvalue weighted by molar-refractivity contribution is 5.97. The highest BCUT2D eigenvalue weighted by Crippen LogP contribution is 2.18. The quantitative estimate of drug-likeness (QED) is 0.0379. The van der Waals surface area contributed by atoms with Crippen LogP contribution in [0.5, 0.6) is 0 Å². The number of aliphatic hydroxyl groups excluding tert-OH is 1. The first kappa shape index (κ1) is 51.2. The Morgan fingerprint density at radius 3 is 1.47 bits per heavy atom. The summed E-state index contributed by atoms with van der Waals surface area (Å²) in [6.07, 6.45) is -1.67. The van der Waals surface area contributed by atoms with Gasteiger partial charge in [0.2, 0.25) is 35.4 Å². The molecule has 0 heterocycles. The fourth-order valence-corrected chi connectivity index (χ4v) is 5.84. The summed E-state index contributed by atoms with van der Waals surface area (Å²) in [7, 11) is 0. The topological polar surface area (TPSA) is 371 Å². The molecule has 0 bridgehead atoms. The molecule has 0 aliphatic rings. The smallest absolute Gasteiger partial charge is 0.328 e. The van der Waals surface area contributed by atoms with Crippen molar-refractivity contribution in [2.75, 3.05) is 32.8 Å². The third kappa shape index (κ3) is 18.2. The number of carboxylic acids is 1. The van der Waals surface area contributed by atoms with Crippen LogP contribution in [0.1, 0.15) is 65.4 Å². The fraction of sp³-hybridized carbons (Fsp3) is 0.649. The first-order valence-electron chi connectivity index (χ1n) is 19.3. The summed E-state index contributed by atoms with van der Waals surface area (Å²) in [5.41, 5.74) is 28.3. The van der Waals surface area contributed by atoms with E-state index in [-0.39, 0.29) is 71.3 Å². The Labute approximate surface area is 339 Å². The Morgan fingerprint density at radius 2 is 1.03 bits per heavy atom. The van der Waals surface area contributed by atoms with Gasteiger partial charge in [0.05, 0.1) is 17.7 Å². The number of nitrogens with two attached hydrogens (primary N) is 5. The van der Waals surface area contributed by atoms with Crippen LogP contribution < -0.4 is 60.6 Å². The average Bonchev–Trinajstić information content (AvgIpc) is 3.15. The Balaban J connectivity index is 3.47. The molecular formula is C37H65N11O10. The lowest BCUT2D eigenvalue weighted by atomic mass is 9.96. The second kappa shape index (κ2) is 26.3. The highest BCUT2D eigenvalue weighted by atomic mass is 16.5. The maximum atomic E-state index is 14.2. The van der Waals surface area contributed by atoms with Crippen molar-refractivity contribution in [1.82, 2.24) is 31.9 Å². The van der Waals surface area contributed by atoms with Crippen LogP contribution >= 0.6 is 0 Å². The molecule has 0 aliphatic carbocycles. The minimum atomic E-state index is -1.68. The van der Waals surface area contributed by atoms with E-state index in [9.17, 15) is 43.8 Å². The number of aliphatic hydroxyl groups is 1. The van der Waals surface area contributed by atoms with Gasteiger partial charge in [-0.05, 0) is 85.1 Å².